The number of carbonyl (C=O) groups is 2. The number of alkyl carbamates (subject to hydrolysis) is 1. The van der Waals surface area contributed by atoms with Crippen LogP contribution in [0.2, 0.25) is 0 Å². The number of amides is 2. The van der Waals surface area contributed by atoms with Crippen LogP contribution in [0.5, 0.6) is 0 Å². The van der Waals surface area contributed by atoms with E-state index in [1.54, 1.807) is 38.1 Å². The minimum absolute atomic E-state index is 0.127. The van der Waals surface area contributed by atoms with E-state index in [1.807, 2.05) is 0 Å². The molecule has 0 spiro atoms. The largest absolute Gasteiger partial charge is 0.623 e. The number of nitrogens with one attached hydrogen (secondary N) is 2. The van der Waals surface area contributed by atoms with Gasteiger partial charge in [0, 0.05) is 32.5 Å². The molecule has 9 atom stereocenters. The van der Waals surface area contributed by atoms with Gasteiger partial charge in [0.15, 0.2) is 25.2 Å². The summed E-state index contributed by atoms with van der Waals surface area (Å²) in [6.07, 6.45) is -12.2. The van der Waals surface area contributed by atoms with Gasteiger partial charge in [0.05, 0.1) is 13.2 Å². The monoisotopic (exact) mass is 689 g/mol. The van der Waals surface area contributed by atoms with Crippen molar-refractivity contribution < 1.29 is 69.4 Å². The van der Waals surface area contributed by atoms with Crippen LogP contribution < -0.4 is 10.6 Å². The second kappa shape index (κ2) is 19.9. The van der Waals surface area contributed by atoms with E-state index in [0.29, 0.717) is 22.4 Å². The van der Waals surface area contributed by atoms with Crippen molar-refractivity contribution in [3.05, 3.63) is 40.6 Å². The molecule has 0 aliphatic carbocycles. The Labute approximate surface area is 279 Å². The summed E-state index contributed by atoms with van der Waals surface area (Å²) in [6.45, 7) is 3.75. The molecular formula is C31H51N3O14. The third-order valence-electron chi connectivity index (χ3n) is 7.80. The Balaban J connectivity index is 1.94. The molecule has 17 nitrogen and oxygen atoms in total. The number of rotatable bonds is 19. The van der Waals surface area contributed by atoms with Crippen molar-refractivity contribution in [3.8, 4) is 0 Å². The lowest BCUT2D eigenvalue weighted by Crippen LogP contribution is -2.62. The summed E-state index contributed by atoms with van der Waals surface area (Å²) >= 11 is 0. The summed E-state index contributed by atoms with van der Waals surface area (Å²) in [5.41, 5.74) is -0.0190. The Morgan fingerprint density at radius 1 is 1.02 bits per heavy atom. The van der Waals surface area contributed by atoms with Gasteiger partial charge in [0.1, 0.15) is 42.7 Å². The molecule has 1 heterocycles. The van der Waals surface area contributed by atoms with E-state index in [0.717, 1.165) is 25.7 Å². The molecule has 0 aromatic heterocycles. The Morgan fingerprint density at radius 2 is 1.69 bits per heavy atom. The van der Waals surface area contributed by atoms with Crippen LogP contribution in [0.1, 0.15) is 57.6 Å². The SMILES string of the molecule is CCCCCCNC(=O)OCC(C)(C)/[N+]([O-])=C/c1ccc(CNC(=O)[C@H](O)[C@@H](O)[C@H](O[C@@H]2O[C@H](CO)[C@H](O)[C@H](O)[C@H]2O)[C@H](O)CO)cc1. The number of carbonyl (C=O) groups excluding carboxylic acids is 2. The Bertz CT molecular complexity index is 1150. The second-order valence-electron chi connectivity index (χ2n) is 12.3. The molecule has 0 unspecified atom stereocenters. The van der Waals surface area contributed by atoms with Crippen LogP contribution in [-0.2, 0) is 25.5 Å². The van der Waals surface area contributed by atoms with Gasteiger partial charge in [-0.3, -0.25) is 4.79 Å². The van der Waals surface area contributed by atoms with Crippen LogP contribution in [0.4, 0.5) is 4.79 Å². The average Bonchev–Trinajstić information content (AvgIpc) is 3.07. The lowest BCUT2D eigenvalue weighted by Gasteiger charge is -2.42. The number of benzene rings is 1. The zero-order valence-corrected chi connectivity index (χ0v) is 27.4. The molecule has 1 saturated heterocycles. The van der Waals surface area contributed by atoms with Crippen molar-refractivity contribution in [3.63, 3.8) is 0 Å². The van der Waals surface area contributed by atoms with Gasteiger partial charge in [-0.15, -0.1) is 0 Å². The van der Waals surface area contributed by atoms with Gasteiger partial charge in [-0.2, -0.15) is 0 Å². The highest BCUT2D eigenvalue weighted by Gasteiger charge is 2.47. The molecule has 48 heavy (non-hydrogen) atoms. The average molecular weight is 690 g/mol. The fourth-order valence-electron chi connectivity index (χ4n) is 4.60. The quantitative estimate of drug-likeness (QED) is 0.0238. The van der Waals surface area contributed by atoms with Crippen molar-refractivity contribution in [2.75, 3.05) is 26.4 Å². The first-order valence-corrected chi connectivity index (χ1v) is 15.9. The summed E-state index contributed by atoms with van der Waals surface area (Å²) in [5.74, 6) is -1.09. The van der Waals surface area contributed by atoms with Crippen LogP contribution in [-0.4, -0.2) is 151 Å². The van der Waals surface area contributed by atoms with Crippen molar-refractivity contribution in [2.24, 2.45) is 0 Å². The van der Waals surface area contributed by atoms with E-state index in [9.17, 15) is 55.6 Å². The molecule has 0 bridgehead atoms. The van der Waals surface area contributed by atoms with Crippen LogP contribution in [0.25, 0.3) is 0 Å². The molecule has 1 aromatic carbocycles. The zero-order chi connectivity index (χ0) is 36.0. The van der Waals surface area contributed by atoms with E-state index in [2.05, 4.69) is 17.6 Å². The van der Waals surface area contributed by atoms with Gasteiger partial charge in [-0.1, -0.05) is 38.3 Å². The van der Waals surface area contributed by atoms with Gasteiger partial charge in [-0.25, -0.2) is 9.53 Å². The molecule has 2 amide bonds. The molecule has 0 saturated carbocycles. The molecule has 0 radical (unpaired) electrons. The molecule has 274 valence electrons. The van der Waals surface area contributed by atoms with E-state index in [4.69, 9.17) is 14.2 Å². The van der Waals surface area contributed by atoms with E-state index < -0.39 is 85.9 Å². The maximum Gasteiger partial charge on any atom is 0.407 e. The molecule has 2 rings (SSSR count). The van der Waals surface area contributed by atoms with Crippen molar-refractivity contribution in [1.82, 2.24) is 10.6 Å². The van der Waals surface area contributed by atoms with E-state index in [-0.39, 0.29) is 13.2 Å². The van der Waals surface area contributed by atoms with Crippen molar-refractivity contribution >= 4 is 18.2 Å². The number of aliphatic hydroxyl groups is 8. The first-order chi connectivity index (χ1) is 22.7. The third kappa shape index (κ3) is 12.2. The number of ether oxygens (including phenoxy) is 3. The van der Waals surface area contributed by atoms with Crippen LogP contribution in [0.3, 0.4) is 0 Å². The topological polar surface area (TPSA) is 274 Å². The van der Waals surface area contributed by atoms with Gasteiger partial charge in [0.25, 0.3) is 5.91 Å². The highest BCUT2D eigenvalue weighted by atomic mass is 16.7. The number of hydroxylamine groups is 1. The predicted octanol–water partition coefficient (Wildman–Crippen LogP) is -2.42. The normalized spacial score (nSPS) is 24.3. The Hall–Kier alpha value is -2.97. The molecule has 1 aromatic rings. The molecule has 1 aliphatic heterocycles. The fourth-order valence-corrected chi connectivity index (χ4v) is 4.60. The fraction of sp³-hybridized carbons (Fsp3) is 0.710. The van der Waals surface area contributed by atoms with E-state index >= 15 is 0 Å². The number of hydrogen-bond acceptors (Lipinski definition) is 14. The third-order valence-corrected chi connectivity index (χ3v) is 7.80. The minimum atomic E-state index is -2.21. The summed E-state index contributed by atoms with van der Waals surface area (Å²) < 4.78 is 16.4. The van der Waals surface area contributed by atoms with E-state index in [1.165, 1.54) is 6.21 Å². The summed E-state index contributed by atoms with van der Waals surface area (Å²) in [4.78, 5) is 24.6. The number of hydrogen-bond donors (Lipinski definition) is 10. The minimum Gasteiger partial charge on any atom is -0.623 e. The molecular weight excluding hydrogens is 638 g/mol. The summed E-state index contributed by atoms with van der Waals surface area (Å²) in [5, 5.41) is 98.1. The van der Waals surface area contributed by atoms with Crippen LogP contribution in [0.15, 0.2) is 24.3 Å². The highest BCUT2D eigenvalue weighted by Crippen LogP contribution is 2.25. The maximum absolute atomic E-state index is 12.8. The summed E-state index contributed by atoms with van der Waals surface area (Å²) in [6, 6.07) is 6.39. The van der Waals surface area contributed by atoms with Gasteiger partial charge in [-0.05, 0) is 24.1 Å². The van der Waals surface area contributed by atoms with Crippen molar-refractivity contribution in [2.45, 2.75) is 114 Å². The first kappa shape index (κ1) is 41.2. The Morgan fingerprint density at radius 3 is 2.29 bits per heavy atom. The standard InChI is InChI=1S/C31H51N3O14/c1-4-5-6-7-12-32-30(44)46-17-31(2,3)34(45)14-19-10-8-18(9-11-19)13-33-28(43)25(41)24(40)27(20(37)15-35)48-29-26(42)23(39)22(38)21(16-36)47-29/h8-11,14,20-27,29,35-42H,4-7,12-13,15-17H2,1-3H3,(H,32,44)(H,33,43)/b34-14-/t20-,21-,22+,23+,24-,25-,26-,27-,29+/m1/s1. The van der Waals surface area contributed by atoms with Crippen molar-refractivity contribution in [1.29, 1.82) is 0 Å². The van der Waals surface area contributed by atoms with Gasteiger partial charge >= 0.3 is 6.09 Å². The first-order valence-electron chi connectivity index (χ1n) is 15.9. The second-order valence-corrected chi connectivity index (χ2v) is 12.3. The maximum atomic E-state index is 12.8. The number of aliphatic hydroxyl groups excluding tert-OH is 8. The molecule has 17 heteroatoms. The molecule has 1 fully saturated rings. The van der Waals surface area contributed by atoms with Gasteiger partial charge < -0.3 is 70.9 Å². The zero-order valence-electron chi connectivity index (χ0n) is 27.4. The number of nitrogens with zero attached hydrogens (tertiary/aromatic N) is 1. The predicted molar refractivity (Wildman–Crippen MR) is 168 cm³/mol. The lowest BCUT2D eigenvalue weighted by atomic mass is 9.98. The Kier molecular flexibility index (Phi) is 17.1. The lowest BCUT2D eigenvalue weighted by molar-refractivity contribution is -0.539. The molecule has 10 N–H and O–H groups in total. The smallest absolute Gasteiger partial charge is 0.407 e. The van der Waals surface area contributed by atoms with Crippen LogP contribution >= 0.6 is 0 Å². The highest BCUT2D eigenvalue weighted by molar-refractivity contribution is 5.81. The van der Waals surface area contributed by atoms with Crippen LogP contribution in [0, 0.1) is 5.21 Å². The number of unbranched alkanes of at least 4 members (excludes halogenated alkanes) is 3. The molecule has 1 aliphatic rings. The summed E-state index contributed by atoms with van der Waals surface area (Å²) in [7, 11) is 0. The van der Waals surface area contributed by atoms with Gasteiger partial charge in [0.2, 0.25) is 5.54 Å².